The first kappa shape index (κ1) is 75.1. The van der Waals surface area contributed by atoms with Crippen LogP contribution in [0, 0.1) is 0 Å². The number of benzene rings is 20. The zero-order valence-corrected chi connectivity index (χ0v) is 70.5. The number of hydrogen-bond donors (Lipinski definition) is 0. The molecule has 21 aromatic rings. The van der Waals surface area contributed by atoms with E-state index in [1.165, 1.54) is 0 Å². The van der Waals surface area contributed by atoms with Crippen molar-refractivity contribution in [2.24, 2.45) is 0 Å². The van der Waals surface area contributed by atoms with Gasteiger partial charge in [-0.05, 0) is 233 Å². The lowest BCUT2D eigenvalue weighted by Gasteiger charge is -2.23. The summed E-state index contributed by atoms with van der Waals surface area (Å²) in [5.74, 6) is 7.77. The molecule has 30 bridgehead atoms. The van der Waals surface area contributed by atoms with E-state index in [0.717, 1.165) is 337 Å². The minimum atomic E-state index is 0.532. The maximum absolute atomic E-state index is 7.07. The third-order valence-electron chi connectivity index (χ3n) is 25.2. The SMILES string of the molecule is CCCOc1c(OCCC)c2ccc3c4ccc5c(OCCC)c(OCCC)c6ccc(c7ccc8c(OCCC)c(OCCC)c9ccc(c%10ccc%11c(OCCC)c(OCCC)c%12ccc(c%13ccc%14c(OCCC)c(OCCC)c%15ccc(c%16ccc1c1c%16ccc3c21)c1ccc%13c%14c%151)c1ccc%10c%11c%121)c1ccc7c8c91)c1ccc4c5c61. The highest BCUT2D eigenvalue weighted by atomic mass is 16.5. The van der Waals surface area contributed by atoms with E-state index in [2.05, 4.69) is 251 Å². The fourth-order valence-electron chi connectivity index (χ4n) is 20.4. The monoisotopic (exact) mass is 1580 g/mol. The van der Waals surface area contributed by atoms with Gasteiger partial charge in [0.15, 0.2) is 57.5 Å². The fraction of sp³-hybridized carbons (Fsp3) is 0.273. The van der Waals surface area contributed by atoms with Crippen molar-refractivity contribution in [3.63, 3.8) is 0 Å². The van der Waals surface area contributed by atoms with Crippen molar-refractivity contribution in [3.8, 4) is 57.5 Å². The van der Waals surface area contributed by atoms with E-state index in [0.29, 0.717) is 66.1 Å². The first-order valence-electron chi connectivity index (χ1n) is 44.4. The second-order valence-electron chi connectivity index (χ2n) is 32.9. The van der Waals surface area contributed by atoms with Crippen LogP contribution in [0.4, 0.5) is 0 Å². The average Bonchev–Trinajstić information content (AvgIpc) is 0.698. The maximum atomic E-state index is 7.07. The Kier molecular flexibility index (Phi) is 19.1. The normalized spacial score (nSPS) is 12.4. The molecule has 0 radical (unpaired) electrons. The van der Waals surface area contributed by atoms with Crippen LogP contribution in [0.5, 0.6) is 57.5 Å². The van der Waals surface area contributed by atoms with Gasteiger partial charge in [0, 0.05) is 108 Å². The Labute approximate surface area is 697 Å². The molecule has 0 atom stereocenters. The Hall–Kier alpha value is -12.4. The smallest absolute Gasteiger partial charge is 0.169 e. The van der Waals surface area contributed by atoms with Crippen LogP contribution in [0.25, 0.3) is 215 Å². The van der Waals surface area contributed by atoms with E-state index in [-0.39, 0.29) is 0 Å². The van der Waals surface area contributed by atoms with Crippen LogP contribution in [-0.2, 0) is 0 Å². The van der Waals surface area contributed by atoms with Gasteiger partial charge in [0.05, 0.1) is 66.1 Å². The van der Waals surface area contributed by atoms with Gasteiger partial charge in [-0.3, -0.25) is 0 Å². The molecule has 0 unspecified atom stereocenters. The fourth-order valence-corrected chi connectivity index (χ4v) is 20.4. The molecule has 0 N–H and O–H groups in total. The summed E-state index contributed by atoms with van der Waals surface area (Å²) in [6.07, 6.45) is 8.35. The maximum Gasteiger partial charge on any atom is 0.169 e. The van der Waals surface area contributed by atoms with Gasteiger partial charge in [-0.2, -0.15) is 0 Å². The molecule has 0 aliphatic heterocycles. The Morgan fingerprint density at radius 2 is 0.183 bits per heavy atom. The molecule has 0 aliphatic carbocycles. The van der Waals surface area contributed by atoms with E-state index < -0.39 is 0 Å². The Morgan fingerprint density at radius 1 is 0.108 bits per heavy atom. The Bertz CT molecular complexity index is 6240. The molecule has 21 aromatic carbocycles. The Morgan fingerprint density at radius 3 is 0.267 bits per heavy atom. The summed E-state index contributed by atoms with van der Waals surface area (Å²) in [5.41, 5.74) is 0. The first-order valence-corrected chi connectivity index (χ1v) is 44.4. The zero-order valence-electron chi connectivity index (χ0n) is 70.5. The molecule has 120 heavy (non-hydrogen) atoms. The van der Waals surface area contributed by atoms with Crippen LogP contribution in [0.3, 0.4) is 0 Å². The van der Waals surface area contributed by atoms with Crippen LogP contribution in [-0.4, -0.2) is 66.1 Å². The van der Waals surface area contributed by atoms with Crippen LogP contribution >= 0.6 is 0 Å². The number of ether oxygens (including phenoxy) is 10. The van der Waals surface area contributed by atoms with Gasteiger partial charge in [0.2, 0.25) is 0 Å². The van der Waals surface area contributed by atoms with E-state index in [9.17, 15) is 0 Å². The van der Waals surface area contributed by atoms with Gasteiger partial charge in [0.25, 0.3) is 0 Å². The van der Waals surface area contributed by atoms with Crippen molar-refractivity contribution in [1.29, 1.82) is 0 Å². The number of fused-ring (bicyclic) bond motifs is 5. The van der Waals surface area contributed by atoms with Crippen LogP contribution in [0.2, 0.25) is 0 Å². The molecule has 0 spiro atoms. The summed E-state index contributed by atoms with van der Waals surface area (Å²) >= 11 is 0. The van der Waals surface area contributed by atoms with Crippen LogP contribution in [0.15, 0.2) is 182 Å². The molecule has 0 heterocycles. The largest absolute Gasteiger partial charge is 0.489 e. The summed E-state index contributed by atoms with van der Waals surface area (Å²) in [4.78, 5) is 0. The van der Waals surface area contributed by atoms with E-state index >= 15 is 0 Å². The molecular weight excluding hydrogens is 1480 g/mol. The van der Waals surface area contributed by atoms with E-state index in [1.54, 1.807) is 0 Å². The van der Waals surface area contributed by atoms with Gasteiger partial charge in [-0.15, -0.1) is 0 Å². The molecule has 21 rings (SSSR count). The van der Waals surface area contributed by atoms with E-state index in [1.807, 2.05) is 0 Å². The lowest BCUT2D eigenvalue weighted by atomic mass is 9.85. The molecular formula is C110H100O10. The highest BCUT2D eigenvalue weighted by Crippen LogP contribution is 2.59. The van der Waals surface area contributed by atoms with E-state index in [4.69, 9.17) is 47.4 Å². The predicted octanol–water partition coefficient (Wildman–Crippen LogP) is 31.0. The molecule has 0 aliphatic rings. The molecule has 600 valence electrons. The van der Waals surface area contributed by atoms with Crippen molar-refractivity contribution in [1.82, 2.24) is 0 Å². The van der Waals surface area contributed by atoms with Gasteiger partial charge >= 0.3 is 0 Å². The Balaban J connectivity index is 1.00. The van der Waals surface area contributed by atoms with Gasteiger partial charge < -0.3 is 47.4 Å². The second-order valence-corrected chi connectivity index (χ2v) is 32.9. The summed E-state index contributed by atoms with van der Waals surface area (Å²) in [5, 5.41) is 44.0. The minimum absolute atomic E-state index is 0.532. The highest BCUT2D eigenvalue weighted by Gasteiger charge is 2.31. The molecule has 10 nitrogen and oxygen atoms in total. The van der Waals surface area contributed by atoms with Crippen molar-refractivity contribution in [3.05, 3.63) is 182 Å². The van der Waals surface area contributed by atoms with Crippen LogP contribution < -0.4 is 47.4 Å². The summed E-state index contributed by atoms with van der Waals surface area (Å²) < 4.78 is 70.7. The van der Waals surface area contributed by atoms with Gasteiger partial charge in [-0.1, -0.05) is 191 Å². The standard InChI is InChI=1S/C110H100O10/c1-11-51-111-101-81-41-21-61-63-23-43-83-93-73(63)33-34-75-65(25-45-85(95(75)93)105(115-55-15-5)103(83)113-53-13-3)66-27-47-87-97-77(66)37-38-79-69(29-49-89(99(79)97)109(119-59-19-9)107(87)117-57-17-7)70-30-50-90-100-80(70)40-39-78-68(28-48-88(98(78)100)108(118-58-18-8)110(90)120-60-20-10)67-26-46-86-96-76(67)36-35-74-64(24-44-84(94(74)96)104(114-54-14-4)106(86)116-56-16-6)62-22-42-82(102(101)112-52-12-2)92-72(62)32-31-71(61)91(81)92/h21-50H,11-20,51-60H2,1-10H3. The van der Waals surface area contributed by atoms with Gasteiger partial charge in [-0.25, -0.2) is 0 Å². The molecule has 0 saturated heterocycles. The van der Waals surface area contributed by atoms with Gasteiger partial charge in [0.1, 0.15) is 0 Å². The number of hydrogen-bond acceptors (Lipinski definition) is 10. The predicted molar refractivity (Wildman–Crippen MR) is 508 cm³/mol. The molecule has 0 aromatic heterocycles. The molecule has 10 heteroatoms. The average molecular weight is 1580 g/mol. The third kappa shape index (κ3) is 11.1. The van der Waals surface area contributed by atoms with Crippen molar-refractivity contribution in [2.75, 3.05) is 66.1 Å². The third-order valence-corrected chi connectivity index (χ3v) is 25.2. The minimum Gasteiger partial charge on any atom is -0.489 e. The molecule has 0 fully saturated rings. The lowest BCUT2D eigenvalue weighted by molar-refractivity contribution is 0.274. The quantitative estimate of drug-likeness (QED) is 0.0405. The summed E-state index contributed by atoms with van der Waals surface area (Å²) in [6.45, 7) is 27.1. The van der Waals surface area contributed by atoms with Crippen molar-refractivity contribution >= 4 is 215 Å². The zero-order chi connectivity index (χ0) is 81.3. The molecule has 0 saturated carbocycles. The number of rotatable bonds is 30. The summed E-state index contributed by atoms with van der Waals surface area (Å²) in [6, 6.07) is 70.4. The highest BCUT2D eigenvalue weighted by molar-refractivity contribution is 6.43. The topological polar surface area (TPSA) is 92.3 Å². The first-order chi connectivity index (χ1) is 59.2. The summed E-state index contributed by atoms with van der Waals surface area (Å²) in [7, 11) is 0. The van der Waals surface area contributed by atoms with Crippen molar-refractivity contribution in [2.45, 2.75) is 133 Å². The van der Waals surface area contributed by atoms with Crippen molar-refractivity contribution < 1.29 is 47.4 Å². The molecule has 0 amide bonds. The second kappa shape index (κ2) is 30.4. The lowest BCUT2D eigenvalue weighted by Crippen LogP contribution is -2.04. The van der Waals surface area contributed by atoms with Crippen LogP contribution in [0.1, 0.15) is 133 Å².